The van der Waals surface area contributed by atoms with Crippen molar-refractivity contribution in [3.8, 4) is 0 Å². The van der Waals surface area contributed by atoms with Gasteiger partial charge in [-0.15, -0.1) is 0 Å². The average molecular weight is 331 g/mol. The van der Waals surface area contributed by atoms with Crippen LogP contribution < -0.4 is 5.32 Å². The first-order valence-corrected chi connectivity index (χ1v) is 7.77. The van der Waals surface area contributed by atoms with Crippen molar-refractivity contribution in [2.45, 2.75) is 24.1 Å². The standard InChI is InChI=1S/C12H15BrN2O2S/c1-18-12(4-5-12)8-14-7-9-2-3-10(13)6-11(9)15(16)17/h2-3,6,14H,4-5,7-8H2,1H3. The van der Waals surface area contributed by atoms with Gasteiger partial charge in [0.25, 0.3) is 5.69 Å². The van der Waals surface area contributed by atoms with Crippen LogP contribution in [0.25, 0.3) is 0 Å². The summed E-state index contributed by atoms with van der Waals surface area (Å²) in [5.74, 6) is 0. The number of nitrogens with one attached hydrogen (secondary N) is 1. The van der Waals surface area contributed by atoms with Crippen LogP contribution in [0.4, 0.5) is 5.69 Å². The van der Waals surface area contributed by atoms with Crippen LogP contribution in [0.1, 0.15) is 18.4 Å². The van der Waals surface area contributed by atoms with E-state index in [9.17, 15) is 10.1 Å². The molecule has 0 saturated heterocycles. The van der Waals surface area contributed by atoms with Gasteiger partial charge in [-0.25, -0.2) is 0 Å². The van der Waals surface area contributed by atoms with E-state index in [2.05, 4.69) is 27.5 Å². The zero-order valence-electron chi connectivity index (χ0n) is 10.1. The van der Waals surface area contributed by atoms with E-state index in [0.29, 0.717) is 11.3 Å². The maximum absolute atomic E-state index is 11.0. The van der Waals surface area contributed by atoms with Gasteiger partial charge in [0.2, 0.25) is 0 Å². The number of hydrogen-bond acceptors (Lipinski definition) is 4. The van der Waals surface area contributed by atoms with Crippen LogP contribution in [-0.2, 0) is 6.54 Å². The first kappa shape index (κ1) is 13.8. The van der Waals surface area contributed by atoms with Crippen LogP contribution in [0.2, 0.25) is 0 Å². The van der Waals surface area contributed by atoms with Crippen molar-refractivity contribution in [1.82, 2.24) is 5.32 Å². The zero-order valence-corrected chi connectivity index (χ0v) is 12.5. The predicted molar refractivity (Wildman–Crippen MR) is 78.0 cm³/mol. The highest BCUT2D eigenvalue weighted by Crippen LogP contribution is 2.46. The van der Waals surface area contributed by atoms with E-state index in [4.69, 9.17) is 0 Å². The molecule has 0 aromatic heterocycles. The summed E-state index contributed by atoms with van der Waals surface area (Å²) in [6, 6.07) is 5.19. The van der Waals surface area contributed by atoms with E-state index in [-0.39, 0.29) is 10.6 Å². The second kappa shape index (κ2) is 5.59. The van der Waals surface area contributed by atoms with Gasteiger partial charge in [0.1, 0.15) is 0 Å². The van der Waals surface area contributed by atoms with Crippen LogP contribution in [0, 0.1) is 10.1 Å². The lowest BCUT2D eigenvalue weighted by Crippen LogP contribution is -2.25. The second-order valence-electron chi connectivity index (χ2n) is 4.52. The lowest BCUT2D eigenvalue weighted by Gasteiger charge is -2.13. The minimum atomic E-state index is -0.330. The number of rotatable bonds is 6. The Kier molecular flexibility index (Phi) is 4.29. The van der Waals surface area contributed by atoms with Crippen LogP contribution >= 0.6 is 27.7 Å². The minimum absolute atomic E-state index is 0.172. The number of halogens is 1. The molecule has 0 unspecified atom stereocenters. The molecule has 0 spiro atoms. The van der Waals surface area contributed by atoms with Crippen LogP contribution in [-0.4, -0.2) is 22.5 Å². The number of nitro benzene ring substituents is 1. The van der Waals surface area contributed by atoms with Crippen LogP contribution in [0.3, 0.4) is 0 Å². The lowest BCUT2D eigenvalue weighted by atomic mass is 10.2. The molecule has 2 rings (SSSR count). The molecule has 1 aromatic carbocycles. The smallest absolute Gasteiger partial charge is 0.275 e. The van der Waals surface area contributed by atoms with E-state index >= 15 is 0 Å². The molecule has 0 aliphatic heterocycles. The minimum Gasteiger partial charge on any atom is -0.311 e. The third-order valence-corrected chi connectivity index (χ3v) is 5.16. The summed E-state index contributed by atoms with van der Waals surface area (Å²) in [7, 11) is 0. The Balaban J connectivity index is 1.98. The molecule has 0 atom stereocenters. The van der Waals surface area contributed by atoms with E-state index in [1.165, 1.54) is 12.8 Å². The molecule has 1 aromatic rings. The van der Waals surface area contributed by atoms with Gasteiger partial charge < -0.3 is 5.32 Å². The third-order valence-electron chi connectivity index (χ3n) is 3.25. The molecule has 0 radical (unpaired) electrons. The summed E-state index contributed by atoms with van der Waals surface area (Å²) in [6.45, 7) is 1.47. The van der Waals surface area contributed by atoms with Crippen molar-refractivity contribution in [3.05, 3.63) is 38.3 Å². The molecule has 18 heavy (non-hydrogen) atoms. The summed E-state index contributed by atoms with van der Waals surface area (Å²) in [6.07, 6.45) is 4.60. The molecule has 6 heteroatoms. The molecule has 98 valence electrons. The summed E-state index contributed by atoms with van der Waals surface area (Å²) in [5.41, 5.74) is 0.908. The molecule has 0 amide bonds. The quantitative estimate of drug-likeness (QED) is 0.642. The van der Waals surface area contributed by atoms with Gasteiger partial charge in [-0.05, 0) is 31.2 Å². The number of nitro groups is 1. The largest absolute Gasteiger partial charge is 0.311 e. The number of thioether (sulfide) groups is 1. The molecular formula is C12H15BrN2O2S. The van der Waals surface area contributed by atoms with Crippen molar-refractivity contribution >= 4 is 33.4 Å². The maximum Gasteiger partial charge on any atom is 0.275 e. The van der Waals surface area contributed by atoms with Crippen LogP contribution in [0.5, 0.6) is 0 Å². The van der Waals surface area contributed by atoms with Crippen molar-refractivity contribution in [2.75, 3.05) is 12.8 Å². The Labute approximate surface area is 119 Å². The molecule has 0 heterocycles. The first-order chi connectivity index (χ1) is 8.56. The zero-order chi connectivity index (χ0) is 13.2. The van der Waals surface area contributed by atoms with Crippen molar-refractivity contribution < 1.29 is 4.92 Å². The van der Waals surface area contributed by atoms with Gasteiger partial charge >= 0.3 is 0 Å². The Hall–Kier alpha value is -0.590. The second-order valence-corrected chi connectivity index (χ2v) is 6.71. The molecule has 4 nitrogen and oxygen atoms in total. The number of hydrogen-bond donors (Lipinski definition) is 1. The summed E-state index contributed by atoms with van der Waals surface area (Å²) >= 11 is 5.14. The van der Waals surface area contributed by atoms with Crippen molar-refractivity contribution in [1.29, 1.82) is 0 Å². The summed E-state index contributed by atoms with van der Waals surface area (Å²) < 4.78 is 1.12. The van der Waals surface area contributed by atoms with Gasteiger partial charge in [-0.2, -0.15) is 11.8 Å². The number of nitrogens with zero attached hydrogens (tertiary/aromatic N) is 1. The fourth-order valence-electron chi connectivity index (χ4n) is 1.87. The van der Waals surface area contributed by atoms with E-state index in [1.807, 2.05) is 17.8 Å². The monoisotopic (exact) mass is 330 g/mol. The highest BCUT2D eigenvalue weighted by atomic mass is 79.9. The van der Waals surface area contributed by atoms with E-state index in [1.54, 1.807) is 12.1 Å². The number of benzene rings is 1. The third kappa shape index (κ3) is 3.24. The molecule has 1 saturated carbocycles. The molecule has 1 aliphatic carbocycles. The Morgan fingerprint density at radius 3 is 2.83 bits per heavy atom. The topological polar surface area (TPSA) is 55.2 Å². The molecule has 1 fully saturated rings. The Bertz CT molecular complexity index is 463. The normalized spacial score (nSPS) is 16.6. The van der Waals surface area contributed by atoms with Gasteiger partial charge in [0, 0.05) is 33.9 Å². The Morgan fingerprint density at radius 2 is 2.28 bits per heavy atom. The highest BCUT2D eigenvalue weighted by molar-refractivity contribution is 9.10. The Morgan fingerprint density at radius 1 is 1.56 bits per heavy atom. The van der Waals surface area contributed by atoms with Gasteiger partial charge in [-0.1, -0.05) is 15.9 Å². The molecular weight excluding hydrogens is 316 g/mol. The van der Waals surface area contributed by atoms with Crippen molar-refractivity contribution in [3.63, 3.8) is 0 Å². The SMILES string of the molecule is CSC1(CNCc2ccc(Br)cc2[N+](=O)[O-])CC1. The van der Waals surface area contributed by atoms with Gasteiger partial charge in [-0.3, -0.25) is 10.1 Å². The average Bonchev–Trinajstić information content (AvgIpc) is 3.11. The lowest BCUT2D eigenvalue weighted by molar-refractivity contribution is -0.385. The van der Waals surface area contributed by atoms with E-state index < -0.39 is 0 Å². The highest BCUT2D eigenvalue weighted by Gasteiger charge is 2.41. The predicted octanol–water partition coefficient (Wildman–Crippen LogP) is 3.34. The fourth-order valence-corrected chi connectivity index (χ4v) is 2.98. The van der Waals surface area contributed by atoms with Crippen molar-refractivity contribution in [2.24, 2.45) is 0 Å². The molecule has 1 N–H and O–H groups in total. The summed E-state index contributed by atoms with van der Waals surface area (Å²) in [5, 5.41) is 14.3. The fraction of sp³-hybridized carbons (Fsp3) is 0.500. The molecule has 0 bridgehead atoms. The van der Waals surface area contributed by atoms with Gasteiger partial charge in [0.15, 0.2) is 0 Å². The summed E-state index contributed by atoms with van der Waals surface area (Å²) in [4.78, 5) is 10.6. The maximum atomic E-state index is 11.0. The molecule has 1 aliphatic rings. The van der Waals surface area contributed by atoms with E-state index in [0.717, 1.165) is 16.6 Å². The van der Waals surface area contributed by atoms with Crippen LogP contribution in [0.15, 0.2) is 22.7 Å². The van der Waals surface area contributed by atoms with Gasteiger partial charge in [0.05, 0.1) is 4.92 Å². The first-order valence-electron chi connectivity index (χ1n) is 5.75.